The first-order chi connectivity index (χ1) is 12.6. The van der Waals surface area contributed by atoms with Crippen LogP contribution in [0.25, 0.3) is 0 Å². The summed E-state index contributed by atoms with van der Waals surface area (Å²) in [6.07, 6.45) is 1.97. The third-order valence-electron chi connectivity index (χ3n) is 5.05. The zero-order valence-corrected chi connectivity index (χ0v) is 15.6. The summed E-state index contributed by atoms with van der Waals surface area (Å²) in [6, 6.07) is 17.3. The standard InChI is InChI=1S/C22H29N3O/c1-17-5-2-6-18(11-17)13-24-14-19-7-3-8-20(12-19)15-25-10-4-9-21(16-25)22(23)26/h2-3,5-8,11-12,21,24H,4,9-10,13-16H2,1H3,(H2,23,26). The first-order valence-electron chi connectivity index (χ1n) is 9.46. The normalized spacial score (nSPS) is 18.0. The molecule has 4 nitrogen and oxygen atoms in total. The van der Waals surface area contributed by atoms with E-state index in [2.05, 4.69) is 65.7 Å². The van der Waals surface area contributed by atoms with Gasteiger partial charge < -0.3 is 11.1 Å². The number of likely N-dealkylation sites (tertiary alicyclic amines) is 1. The van der Waals surface area contributed by atoms with Crippen molar-refractivity contribution in [2.45, 2.75) is 39.4 Å². The summed E-state index contributed by atoms with van der Waals surface area (Å²) in [6.45, 7) is 6.56. The molecule has 1 fully saturated rings. The zero-order valence-electron chi connectivity index (χ0n) is 15.6. The molecule has 0 aliphatic carbocycles. The summed E-state index contributed by atoms with van der Waals surface area (Å²) in [4.78, 5) is 13.8. The van der Waals surface area contributed by atoms with Gasteiger partial charge in [-0.1, -0.05) is 54.1 Å². The predicted molar refractivity (Wildman–Crippen MR) is 105 cm³/mol. The largest absolute Gasteiger partial charge is 0.369 e. The second kappa shape index (κ2) is 8.97. The smallest absolute Gasteiger partial charge is 0.221 e. The quantitative estimate of drug-likeness (QED) is 0.806. The molecule has 1 saturated heterocycles. The average Bonchev–Trinajstić information content (AvgIpc) is 2.62. The van der Waals surface area contributed by atoms with Crippen molar-refractivity contribution in [3.63, 3.8) is 0 Å². The van der Waals surface area contributed by atoms with Crippen molar-refractivity contribution in [2.75, 3.05) is 13.1 Å². The molecule has 0 aromatic heterocycles. The minimum absolute atomic E-state index is 0.00271. The number of benzene rings is 2. The Bertz CT molecular complexity index is 744. The average molecular weight is 351 g/mol. The van der Waals surface area contributed by atoms with Crippen molar-refractivity contribution >= 4 is 5.91 Å². The number of nitrogens with one attached hydrogen (secondary N) is 1. The molecule has 4 heteroatoms. The zero-order chi connectivity index (χ0) is 18.4. The summed E-state index contributed by atoms with van der Waals surface area (Å²) in [5.41, 5.74) is 10.7. The molecule has 1 heterocycles. The number of carbonyl (C=O) groups excluding carboxylic acids is 1. The molecule has 1 amide bonds. The van der Waals surface area contributed by atoms with Crippen molar-refractivity contribution in [3.05, 3.63) is 70.8 Å². The fourth-order valence-electron chi connectivity index (χ4n) is 3.70. The van der Waals surface area contributed by atoms with Gasteiger partial charge in [0.2, 0.25) is 5.91 Å². The summed E-state index contributed by atoms with van der Waals surface area (Å²) in [7, 11) is 0. The summed E-state index contributed by atoms with van der Waals surface area (Å²) < 4.78 is 0. The van der Waals surface area contributed by atoms with Gasteiger partial charge in [-0.3, -0.25) is 9.69 Å². The van der Waals surface area contributed by atoms with Gasteiger partial charge in [0.15, 0.2) is 0 Å². The molecular weight excluding hydrogens is 322 g/mol. The molecule has 0 radical (unpaired) electrons. The Hall–Kier alpha value is -2.17. The molecule has 26 heavy (non-hydrogen) atoms. The Morgan fingerprint density at radius 3 is 2.54 bits per heavy atom. The Balaban J connectivity index is 1.52. The molecule has 3 N–H and O–H groups in total. The Labute approximate surface area is 156 Å². The van der Waals surface area contributed by atoms with E-state index in [1.165, 1.54) is 22.3 Å². The van der Waals surface area contributed by atoms with Crippen LogP contribution in [0, 0.1) is 12.8 Å². The number of nitrogens with two attached hydrogens (primary N) is 1. The molecule has 138 valence electrons. The van der Waals surface area contributed by atoms with Crippen molar-refractivity contribution < 1.29 is 4.79 Å². The number of hydrogen-bond donors (Lipinski definition) is 2. The molecule has 0 spiro atoms. The summed E-state index contributed by atoms with van der Waals surface area (Å²) in [5, 5.41) is 3.52. The molecule has 1 aliphatic heterocycles. The highest BCUT2D eigenvalue weighted by Crippen LogP contribution is 2.18. The molecule has 1 atom stereocenters. The highest BCUT2D eigenvalue weighted by molar-refractivity contribution is 5.76. The fraction of sp³-hybridized carbons (Fsp3) is 0.409. The minimum Gasteiger partial charge on any atom is -0.369 e. The Morgan fingerprint density at radius 1 is 1.12 bits per heavy atom. The van der Waals surface area contributed by atoms with E-state index in [9.17, 15) is 4.79 Å². The second-order valence-corrected chi connectivity index (χ2v) is 7.39. The summed E-state index contributed by atoms with van der Waals surface area (Å²) in [5.74, 6) is -0.160. The van der Waals surface area contributed by atoms with Crippen LogP contribution >= 0.6 is 0 Å². The van der Waals surface area contributed by atoms with Gasteiger partial charge in [0.05, 0.1) is 5.92 Å². The fourth-order valence-corrected chi connectivity index (χ4v) is 3.70. The Morgan fingerprint density at radius 2 is 1.81 bits per heavy atom. The third-order valence-corrected chi connectivity index (χ3v) is 5.05. The topological polar surface area (TPSA) is 58.4 Å². The first-order valence-corrected chi connectivity index (χ1v) is 9.46. The summed E-state index contributed by atoms with van der Waals surface area (Å²) >= 11 is 0. The molecule has 2 aromatic rings. The highest BCUT2D eigenvalue weighted by Gasteiger charge is 2.23. The van der Waals surface area contributed by atoms with Crippen molar-refractivity contribution in [1.82, 2.24) is 10.2 Å². The Kier molecular flexibility index (Phi) is 6.42. The lowest BCUT2D eigenvalue weighted by molar-refractivity contribution is -0.123. The van der Waals surface area contributed by atoms with Crippen LogP contribution in [0.1, 0.15) is 35.1 Å². The van der Waals surface area contributed by atoms with Gasteiger partial charge in [-0.15, -0.1) is 0 Å². The van der Waals surface area contributed by atoms with Gasteiger partial charge in [0, 0.05) is 26.2 Å². The minimum atomic E-state index is -0.163. The number of hydrogen-bond acceptors (Lipinski definition) is 3. The van der Waals surface area contributed by atoms with Gasteiger partial charge in [-0.25, -0.2) is 0 Å². The first kappa shape index (κ1) is 18.6. The van der Waals surface area contributed by atoms with Crippen LogP contribution in [0.15, 0.2) is 48.5 Å². The van der Waals surface area contributed by atoms with Gasteiger partial charge >= 0.3 is 0 Å². The van der Waals surface area contributed by atoms with E-state index in [1.807, 2.05) is 0 Å². The van der Waals surface area contributed by atoms with E-state index in [0.717, 1.165) is 45.6 Å². The third kappa shape index (κ3) is 5.41. The SMILES string of the molecule is Cc1cccc(CNCc2cccc(CN3CCCC(C(N)=O)C3)c2)c1. The van der Waals surface area contributed by atoms with E-state index >= 15 is 0 Å². The predicted octanol–water partition coefficient (Wildman–Crippen LogP) is 2.98. The second-order valence-electron chi connectivity index (χ2n) is 7.39. The van der Waals surface area contributed by atoms with Crippen LogP contribution in [0.3, 0.4) is 0 Å². The van der Waals surface area contributed by atoms with Gasteiger partial charge in [-0.05, 0) is 43.0 Å². The van der Waals surface area contributed by atoms with Crippen LogP contribution in [-0.4, -0.2) is 23.9 Å². The number of amides is 1. The highest BCUT2D eigenvalue weighted by atomic mass is 16.1. The van der Waals surface area contributed by atoms with Crippen LogP contribution < -0.4 is 11.1 Å². The molecule has 0 saturated carbocycles. The number of nitrogens with zero attached hydrogens (tertiary/aromatic N) is 1. The molecule has 2 aromatic carbocycles. The van der Waals surface area contributed by atoms with Gasteiger partial charge in [-0.2, -0.15) is 0 Å². The molecule has 0 bridgehead atoms. The maximum atomic E-state index is 11.4. The monoisotopic (exact) mass is 351 g/mol. The van der Waals surface area contributed by atoms with E-state index in [-0.39, 0.29) is 11.8 Å². The van der Waals surface area contributed by atoms with Crippen molar-refractivity contribution in [1.29, 1.82) is 0 Å². The molecular formula is C22H29N3O. The number of rotatable bonds is 7. The van der Waals surface area contributed by atoms with Gasteiger partial charge in [0.25, 0.3) is 0 Å². The van der Waals surface area contributed by atoms with Crippen molar-refractivity contribution in [2.24, 2.45) is 11.7 Å². The van der Waals surface area contributed by atoms with E-state index in [1.54, 1.807) is 0 Å². The maximum absolute atomic E-state index is 11.4. The van der Waals surface area contributed by atoms with Gasteiger partial charge in [0.1, 0.15) is 0 Å². The lowest BCUT2D eigenvalue weighted by Gasteiger charge is -2.31. The number of primary amides is 1. The van der Waals surface area contributed by atoms with E-state index < -0.39 is 0 Å². The van der Waals surface area contributed by atoms with E-state index in [4.69, 9.17) is 5.73 Å². The van der Waals surface area contributed by atoms with Crippen LogP contribution in [0.5, 0.6) is 0 Å². The maximum Gasteiger partial charge on any atom is 0.221 e. The number of aryl methyl sites for hydroxylation is 1. The molecule has 1 aliphatic rings. The van der Waals surface area contributed by atoms with E-state index in [0.29, 0.717) is 0 Å². The number of carbonyl (C=O) groups is 1. The lowest BCUT2D eigenvalue weighted by Crippen LogP contribution is -2.40. The number of piperidine rings is 1. The van der Waals surface area contributed by atoms with Crippen LogP contribution in [0.2, 0.25) is 0 Å². The lowest BCUT2D eigenvalue weighted by atomic mass is 9.97. The molecule has 1 unspecified atom stereocenters. The van der Waals surface area contributed by atoms with Crippen molar-refractivity contribution in [3.8, 4) is 0 Å². The molecule has 3 rings (SSSR count). The van der Waals surface area contributed by atoms with Crippen LogP contribution in [0.4, 0.5) is 0 Å². The van der Waals surface area contributed by atoms with Crippen LogP contribution in [-0.2, 0) is 24.4 Å².